The van der Waals surface area contributed by atoms with Crippen LogP contribution >= 0.6 is 0 Å². The molecule has 0 N–H and O–H groups in total. The zero-order valence-electron chi connectivity index (χ0n) is 14.0. The fourth-order valence-electron chi connectivity index (χ4n) is 2.18. The molecule has 0 unspecified atom stereocenters. The number of nitrogens with zero attached hydrogens (tertiary/aromatic N) is 2. The van der Waals surface area contributed by atoms with Gasteiger partial charge in [-0.1, -0.05) is 18.2 Å². The lowest BCUT2D eigenvalue weighted by Crippen LogP contribution is -2.37. The second-order valence-corrected chi connectivity index (χ2v) is 5.68. The Balaban J connectivity index is 1.70. The lowest BCUT2D eigenvalue weighted by Gasteiger charge is -2.21. The maximum atomic E-state index is 12.2. The minimum absolute atomic E-state index is 0.0554. The Bertz CT molecular complexity index is 610. The first-order valence-electron chi connectivity index (χ1n) is 7.69. The summed E-state index contributed by atoms with van der Waals surface area (Å²) in [4.78, 5) is 15.8. The lowest BCUT2D eigenvalue weighted by molar-refractivity contribution is -0.131. The minimum Gasteiger partial charge on any atom is -0.492 e. The molecule has 0 aliphatic carbocycles. The van der Waals surface area contributed by atoms with Crippen LogP contribution in [0.3, 0.4) is 0 Å². The molecule has 1 amide bonds. The summed E-state index contributed by atoms with van der Waals surface area (Å²) >= 11 is 0. The van der Waals surface area contributed by atoms with Crippen LogP contribution in [0, 0.1) is 6.92 Å². The van der Waals surface area contributed by atoms with Crippen LogP contribution in [0.2, 0.25) is 0 Å². The number of rotatable bonds is 8. The molecule has 0 aliphatic rings. The normalized spacial score (nSPS) is 10.8. The van der Waals surface area contributed by atoms with Crippen molar-refractivity contribution in [2.24, 2.45) is 0 Å². The summed E-state index contributed by atoms with van der Waals surface area (Å²) < 4.78 is 11.0. The number of furan rings is 1. The molecule has 0 aliphatic heterocycles. The summed E-state index contributed by atoms with van der Waals surface area (Å²) in [7, 11) is 3.70. The predicted molar refractivity (Wildman–Crippen MR) is 89.4 cm³/mol. The van der Waals surface area contributed by atoms with Gasteiger partial charge in [0.2, 0.25) is 5.91 Å². The molecular formula is C18H24N2O3. The molecular weight excluding hydrogens is 292 g/mol. The average Bonchev–Trinajstić information content (AvgIpc) is 3.02. The van der Waals surface area contributed by atoms with Gasteiger partial charge in [-0.05, 0) is 37.7 Å². The molecule has 0 saturated carbocycles. The fraction of sp³-hybridized carbons (Fsp3) is 0.389. The van der Waals surface area contributed by atoms with Gasteiger partial charge < -0.3 is 14.1 Å². The maximum absolute atomic E-state index is 12.2. The first-order valence-corrected chi connectivity index (χ1v) is 7.69. The van der Waals surface area contributed by atoms with Crippen LogP contribution < -0.4 is 4.74 Å². The molecule has 0 spiro atoms. The van der Waals surface area contributed by atoms with Crippen LogP contribution in [0.15, 0.2) is 47.1 Å². The quantitative estimate of drug-likeness (QED) is 0.751. The van der Waals surface area contributed by atoms with Crippen LogP contribution in [0.5, 0.6) is 5.75 Å². The molecule has 1 aromatic heterocycles. The van der Waals surface area contributed by atoms with Crippen molar-refractivity contribution in [2.75, 3.05) is 33.8 Å². The zero-order valence-corrected chi connectivity index (χ0v) is 14.0. The van der Waals surface area contributed by atoms with Crippen LogP contribution in [0.1, 0.15) is 11.3 Å². The van der Waals surface area contributed by atoms with Gasteiger partial charge >= 0.3 is 0 Å². The Morgan fingerprint density at radius 3 is 2.65 bits per heavy atom. The smallest absolute Gasteiger partial charge is 0.236 e. The van der Waals surface area contributed by atoms with Crippen LogP contribution in [0.4, 0.5) is 0 Å². The van der Waals surface area contributed by atoms with Crippen molar-refractivity contribution in [3.05, 3.63) is 54.0 Å². The highest BCUT2D eigenvalue weighted by Gasteiger charge is 2.13. The van der Waals surface area contributed by atoms with Gasteiger partial charge in [-0.25, -0.2) is 0 Å². The monoisotopic (exact) mass is 316 g/mol. The van der Waals surface area contributed by atoms with E-state index in [1.165, 1.54) is 0 Å². The molecule has 5 heteroatoms. The molecule has 5 nitrogen and oxygen atoms in total. The van der Waals surface area contributed by atoms with Gasteiger partial charge in [0.1, 0.15) is 18.1 Å². The highest BCUT2D eigenvalue weighted by molar-refractivity contribution is 5.77. The summed E-state index contributed by atoms with van der Waals surface area (Å²) in [5, 5.41) is 0. The van der Waals surface area contributed by atoms with E-state index in [0.717, 1.165) is 17.1 Å². The molecule has 2 aromatic rings. The standard InChI is InChI=1S/C18H24N2O3/c1-15-7-4-5-9-17(15)23-12-10-19(2)14-18(21)20(3)13-16-8-6-11-22-16/h4-9,11H,10,12-14H2,1-3H3. The average molecular weight is 316 g/mol. The highest BCUT2D eigenvalue weighted by Crippen LogP contribution is 2.15. The minimum atomic E-state index is 0.0554. The second kappa shape index (κ2) is 8.39. The number of hydrogen-bond donors (Lipinski definition) is 0. The maximum Gasteiger partial charge on any atom is 0.236 e. The fourth-order valence-corrected chi connectivity index (χ4v) is 2.18. The van der Waals surface area contributed by atoms with Crippen molar-refractivity contribution in [1.82, 2.24) is 9.80 Å². The Morgan fingerprint density at radius 2 is 1.96 bits per heavy atom. The second-order valence-electron chi connectivity index (χ2n) is 5.68. The molecule has 0 saturated heterocycles. The van der Waals surface area contributed by atoms with Gasteiger partial charge in [0, 0.05) is 13.6 Å². The zero-order chi connectivity index (χ0) is 16.7. The molecule has 0 fully saturated rings. The SMILES string of the molecule is Cc1ccccc1OCCN(C)CC(=O)N(C)Cc1ccco1. The van der Waals surface area contributed by atoms with Crippen LogP contribution in [-0.4, -0.2) is 49.5 Å². The molecule has 0 bridgehead atoms. The molecule has 23 heavy (non-hydrogen) atoms. The summed E-state index contributed by atoms with van der Waals surface area (Å²) in [5.74, 6) is 1.73. The molecule has 1 heterocycles. The van der Waals surface area contributed by atoms with Crippen LogP contribution in [0.25, 0.3) is 0 Å². The van der Waals surface area contributed by atoms with E-state index in [1.807, 2.05) is 55.3 Å². The molecule has 0 atom stereocenters. The van der Waals surface area contributed by atoms with Gasteiger partial charge in [-0.15, -0.1) is 0 Å². The number of carbonyl (C=O) groups is 1. The Hall–Kier alpha value is -2.27. The number of likely N-dealkylation sites (N-methyl/N-ethyl adjacent to an activating group) is 2. The number of amides is 1. The first-order chi connectivity index (χ1) is 11.1. The van der Waals surface area contributed by atoms with E-state index in [0.29, 0.717) is 26.2 Å². The van der Waals surface area contributed by atoms with Crippen molar-refractivity contribution >= 4 is 5.91 Å². The van der Waals surface area contributed by atoms with Gasteiger partial charge in [-0.2, -0.15) is 0 Å². The van der Waals surface area contributed by atoms with E-state index < -0.39 is 0 Å². The Labute approximate surface area is 137 Å². The Morgan fingerprint density at radius 1 is 1.17 bits per heavy atom. The summed E-state index contributed by atoms with van der Waals surface area (Å²) in [6.45, 7) is 4.10. The number of ether oxygens (including phenoxy) is 1. The van der Waals surface area contributed by atoms with E-state index in [-0.39, 0.29) is 5.91 Å². The van der Waals surface area contributed by atoms with Gasteiger partial charge in [-0.3, -0.25) is 9.69 Å². The first kappa shape index (κ1) is 17.1. The molecule has 1 aromatic carbocycles. The topological polar surface area (TPSA) is 45.9 Å². The van der Waals surface area contributed by atoms with Crippen LogP contribution in [-0.2, 0) is 11.3 Å². The number of carbonyl (C=O) groups excluding carboxylic acids is 1. The van der Waals surface area contributed by atoms with E-state index in [2.05, 4.69) is 0 Å². The van der Waals surface area contributed by atoms with Crippen molar-refractivity contribution in [3.8, 4) is 5.75 Å². The van der Waals surface area contributed by atoms with Crippen molar-refractivity contribution in [2.45, 2.75) is 13.5 Å². The summed E-state index contributed by atoms with van der Waals surface area (Å²) in [5.41, 5.74) is 1.12. The molecule has 0 radical (unpaired) electrons. The summed E-state index contributed by atoms with van der Waals surface area (Å²) in [6.07, 6.45) is 1.61. The van der Waals surface area contributed by atoms with Crippen molar-refractivity contribution < 1.29 is 13.9 Å². The van der Waals surface area contributed by atoms with E-state index >= 15 is 0 Å². The van der Waals surface area contributed by atoms with E-state index in [9.17, 15) is 4.79 Å². The third kappa shape index (κ3) is 5.45. The van der Waals surface area contributed by atoms with Crippen molar-refractivity contribution in [1.29, 1.82) is 0 Å². The van der Waals surface area contributed by atoms with Gasteiger partial charge in [0.25, 0.3) is 0 Å². The van der Waals surface area contributed by atoms with Crippen molar-refractivity contribution in [3.63, 3.8) is 0 Å². The number of aryl methyl sites for hydroxylation is 1. The van der Waals surface area contributed by atoms with Gasteiger partial charge in [0.05, 0.1) is 19.4 Å². The third-order valence-electron chi connectivity index (χ3n) is 3.63. The lowest BCUT2D eigenvalue weighted by atomic mass is 10.2. The van der Waals surface area contributed by atoms with E-state index in [4.69, 9.17) is 9.15 Å². The number of benzene rings is 1. The molecule has 2 rings (SSSR count). The third-order valence-corrected chi connectivity index (χ3v) is 3.63. The van der Waals surface area contributed by atoms with E-state index in [1.54, 1.807) is 18.2 Å². The number of para-hydroxylation sites is 1. The summed E-state index contributed by atoms with van der Waals surface area (Å²) in [6, 6.07) is 11.6. The largest absolute Gasteiger partial charge is 0.492 e. The Kier molecular flexibility index (Phi) is 6.23. The number of hydrogen-bond acceptors (Lipinski definition) is 4. The predicted octanol–water partition coefficient (Wildman–Crippen LogP) is 2.56. The highest BCUT2D eigenvalue weighted by atomic mass is 16.5. The van der Waals surface area contributed by atoms with Gasteiger partial charge in [0.15, 0.2) is 0 Å². The molecule has 124 valence electrons.